The number of ether oxygens (including phenoxy) is 2. The van der Waals surface area contributed by atoms with Gasteiger partial charge in [0.15, 0.2) is 11.5 Å². The summed E-state index contributed by atoms with van der Waals surface area (Å²) in [6.45, 7) is 7.22. The van der Waals surface area contributed by atoms with Crippen molar-refractivity contribution < 1.29 is 18.8 Å². The van der Waals surface area contributed by atoms with E-state index in [0.29, 0.717) is 58.1 Å². The molecule has 1 amide bonds. The van der Waals surface area contributed by atoms with Crippen LogP contribution in [0.5, 0.6) is 11.5 Å². The molecule has 0 saturated heterocycles. The van der Waals surface area contributed by atoms with E-state index in [0.717, 1.165) is 11.3 Å². The van der Waals surface area contributed by atoms with Gasteiger partial charge in [0.25, 0.3) is 5.91 Å². The van der Waals surface area contributed by atoms with Crippen LogP contribution in [0.25, 0.3) is 11.3 Å². The summed E-state index contributed by atoms with van der Waals surface area (Å²) >= 11 is 12.6. The topological polar surface area (TPSA) is 73.6 Å². The molecule has 0 unspecified atom stereocenters. The van der Waals surface area contributed by atoms with Crippen molar-refractivity contribution in [2.75, 3.05) is 19.8 Å². The third-order valence-corrected chi connectivity index (χ3v) is 5.93. The number of halogens is 2. The molecular formula is C23H22Cl2N2O4. The highest BCUT2D eigenvalue weighted by Gasteiger charge is 2.28. The summed E-state index contributed by atoms with van der Waals surface area (Å²) in [6.07, 6.45) is 0. The Morgan fingerprint density at radius 2 is 1.77 bits per heavy atom. The van der Waals surface area contributed by atoms with Crippen molar-refractivity contribution in [1.29, 1.82) is 0 Å². The molecule has 0 saturated carbocycles. The van der Waals surface area contributed by atoms with Gasteiger partial charge in [0.05, 0.1) is 10.0 Å². The summed E-state index contributed by atoms with van der Waals surface area (Å²) in [5.74, 6) is 1.53. The number of nitrogens with one attached hydrogen (secondary N) is 1. The van der Waals surface area contributed by atoms with E-state index >= 15 is 0 Å². The Balaban J connectivity index is 1.56. The maximum absolute atomic E-state index is 13.1. The number of aryl methyl sites for hydroxylation is 1. The van der Waals surface area contributed by atoms with Crippen LogP contribution in [0.1, 0.15) is 35.5 Å². The van der Waals surface area contributed by atoms with E-state index in [2.05, 4.69) is 10.5 Å². The minimum atomic E-state index is -0.362. The molecule has 1 N–H and O–H groups in total. The number of fused-ring (bicyclic) bond motifs is 1. The molecule has 4 rings (SSSR count). The first-order valence-corrected chi connectivity index (χ1v) is 10.6. The van der Waals surface area contributed by atoms with Gasteiger partial charge in [-0.05, 0) is 36.8 Å². The number of benzene rings is 2. The van der Waals surface area contributed by atoms with Gasteiger partial charge in [-0.3, -0.25) is 4.79 Å². The largest absolute Gasteiger partial charge is 0.486 e. The van der Waals surface area contributed by atoms with Gasteiger partial charge in [-0.2, -0.15) is 0 Å². The van der Waals surface area contributed by atoms with Crippen LogP contribution in [-0.4, -0.2) is 30.8 Å². The van der Waals surface area contributed by atoms with Crippen LogP contribution in [0.15, 0.2) is 40.9 Å². The van der Waals surface area contributed by atoms with Crippen LogP contribution in [0, 0.1) is 6.92 Å². The van der Waals surface area contributed by atoms with Crippen LogP contribution < -0.4 is 14.8 Å². The zero-order valence-electron chi connectivity index (χ0n) is 17.4. The lowest BCUT2D eigenvalue weighted by Crippen LogP contribution is -2.37. The molecular weight excluding hydrogens is 439 g/mol. The van der Waals surface area contributed by atoms with E-state index in [1.807, 2.05) is 32.0 Å². The van der Waals surface area contributed by atoms with Gasteiger partial charge < -0.3 is 19.3 Å². The minimum Gasteiger partial charge on any atom is -0.486 e. The van der Waals surface area contributed by atoms with Crippen LogP contribution in [-0.2, 0) is 5.41 Å². The minimum absolute atomic E-state index is 0.310. The van der Waals surface area contributed by atoms with Crippen LogP contribution in [0.2, 0.25) is 10.0 Å². The third-order valence-electron chi connectivity index (χ3n) is 5.30. The van der Waals surface area contributed by atoms with E-state index in [9.17, 15) is 4.79 Å². The molecule has 2 aromatic carbocycles. The highest BCUT2D eigenvalue weighted by molar-refractivity contribution is 6.39. The first-order valence-electron chi connectivity index (χ1n) is 9.87. The molecule has 162 valence electrons. The van der Waals surface area contributed by atoms with Crippen molar-refractivity contribution in [1.82, 2.24) is 10.5 Å². The fourth-order valence-corrected chi connectivity index (χ4v) is 4.07. The molecule has 0 spiro atoms. The van der Waals surface area contributed by atoms with Crippen molar-refractivity contribution in [3.8, 4) is 22.8 Å². The number of rotatable bonds is 5. The van der Waals surface area contributed by atoms with Gasteiger partial charge in [-0.1, -0.05) is 54.3 Å². The summed E-state index contributed by atoms with van der Waals surface area (Å²) in [6, 6.07) is 11.0. The first-order chi connectivity index (χ1) is 14.8. The van der Waals surface area contributed by atoms with E-state index in [1.165, 1.54) is 0 Å². The lowest BCUT2D eigenvalue weighted by Gasteiger charge is -2.28. The molecule has 1 aliphatic heterocycles. The fraction of sp³-hybridized carbons (Fsp3) is 0.304. The number of nitrogens with zero attached hydrogens (tertiary/aromatic N) is 1. The van der Waals surface area contributed by atoms with Crippen molar-refractivity contribution in [3.05, 3.63) is 63.3 Å². The van der Waals surface area contributed by atoms with Crippen LogP contribution >= 0.6 is 23.2 Å². The molecule has 2 heterocycles. The van der Waals surface area contributed by atoms with E-state index in [4.69, 9.17) is 37.2 Å². The molecule has 31 heavy (non-hydrogen) atoms. The second-order valence-corrected chi connectivity index (χ2v) is 8.80. The second-order valence-electron chi connectivity index (χ2n) is 7.98. The quantitative estimate of drug-likeness (QED) is 0.548. The van der Waals surface area contributed by atoms with Gasteiger partial charge in [-0.25, -0.2) is 0 Å². The van der Waals surface area contributed by atoms with Gasteiger partial charge in [0, 0.05) is 17.5 Å². The highest BCUT2D eigenvalue weighted by atomic mass is 35.5. The normalized spacial score (nSPS) is 13.2. The summed E-state index contributed by atoms with van der Waals surface area (Å²) in [5, 5.41) is 7.83. The monoisotopic (exact) mass is 460 g/mol. The Bertz CT molecular complexity index is 1120. The lowest BCUT2D eigenvalue weighted by molar-refractivity contribution is 0.0944. The van der Waals surface area contributed by atoms with E-state index in [1.54, 1.807) is 25.1 Å². The number of carbonyl (C=O) groups is 1. The predicted molar refractivity (Wildman–Crippen MR) is 119 cm³/mol. The van der Waals surface area contributed by atoms with Gasteiger partial charge in [-0.15, -0.1) is 0 Å². The Labute approximate surface area is 190 Å². The molecule has 8 heteroatoms. The molecule has 0 fully saturated rings. The first kappa shape index (κ1) is 21.5. The smallest absolute Gasteiger partial charge is 0.257 e. The molecule has 3 aromatic rings. The van der Waals surface area contributed by atoms with Gasteiger partial charge in [0.2, 0.25) is 0 Å². The SMILES string of the molecule is Cc1onc(-c2c(Cl)cccc2Cl)c1C(=O)NCC(C)(C)c1ccc2c(c1)OCCO2. The fourth-order valence-electron chi connectivity index (χ4n) is 3.49. The molecule has 0 aliphatic carbocycles. The van der Waals surface area contributed by atoms with Crippen molar-refractivity contribution in [2.24, 2.45) is 0 Å². The number of hydrogen-bond donors (Lipinski definition) is 1. The van der Waals surface area contributed by atoms with Gasteiger partial charge >= 0.3 is 0 Å². The maximum atomic E-state index is 13.1. The maximum Gasteiger partial charge on any atom is 0.257 e. The van der Waals surface area contributed by atoms with Crippen LogP contribution in [0.3, 0.4) is 0 Å². The molecule has 0 radical (unpaired) electrons. The summed E-state index contributed by atoms with van der Waals surface area (Å²) in [4.78, 5) is 13.1. The Kier molecular flexibility index (Phi) is 5.86. The third kappa shape index (κ3) is 4.23. The number of amides is 1. The number of aromatic nitrogens is 1. The van der Waals surface area contributed by atoms with Crippen LogP contribution in [0.4, 0.5) is 0 Å². The Morgan fingerprint density at radius 3 is 2.48 bits per heavy atom. The average Bonchev–Trinajstić information content (AvgIpc) is 3.12. The zero-order valence-corrected chi connectivity index (χ0v) is 18.9. The number of carbonyl (C=O) groups excluding carboxylic acids is 1. The van der Waals surface area contributed by atoms with Crippen molar-refractivity contribution in [2.45, 2.75) is 26.2 Å². The summed E-state index contributed by atoms with van der Waals surface area (Å²) < 4.78 is 16.6. The lowest BCUT2D eigenvalue weighted by atomic mass is 9.84. The second kappa shape index (κ2) is 8.44. The molecule has 1 aromatic heterocycles. The highest BCUT2D eigenvalue weighted by Crippen LogP contribution is 2.37. The molecule has 1 aliphatic rings. The predicted octanol–water partition coefficient (Wildman–Crippen LogP) is 5.44. The average molecular weight is 461 g/mol. The molecule has 0 bridgehead atoms. The van der Waals surface area contributed by atoms with E-state index in [-0.39, 0.29) is 11.3 Å². The Morgan fingerprint density at radius 1 is 1.10 bits per heavy atom. The van der Waals surface area contributed by atoms with Crippen molar-refractivity contribution >= 4 is 29.1 Å². The Hall–Kier alpha value is -2.70. The summed E-state index contributed by atoms with van der Waals surface area (Å²) in [7, 11) is 0. The van der Waals surface area contributed by atoms with Gasteiger partial charge in [0.1, 0.15) is 30.2 Å². The van der Waals surface area contributed by atoms with Crippen molar-refractivity contribution in [3.63, 3.8) is 0 Å². The summed E-state index contributed by atoms with van der Waals surface area (Å²) in [5.41, 5.74) is 1.77. The standard InChI is InChI=1S/C23H22Cl2N2O4/c1-13-19(21(27-31-13)20-15(24)5-4-6-16(20)25)22(28)26-12-23(2,3)14-7-8-17-18(11-14)30-10-9-29-17/h4-8,11H,9-10,12H2,1-3H3,(H,26,28). The molecule has 0 atom stereocenters. The zero-order chi connectivity index (χ0) is 22.2. The molecule has 6 nitrogen and oxygen atoms in total. The van der Waals surface area contributed by atoms with E-state index < -0.39 is 0 Å². The number of hydrogen-bond acceptors (Lipinski definition) is 5.